The first kappa shape index (κ1) is 71.4. The van der Waals surface area contributed by atoms with Crippen LogP contribution in [0.25, 0.3) is 21.5 Å². The number of piperidine rings is 1. The second-order valence-corrected chi connectivity index (χ2v) is 26.4. The van der Waals surface area contributed by atoms with Crippen LogP contribution in [0.3, 0.4) is 0 Å². The lowest BCUT2D eigenvalue weighted by molar-refractivity contribution is -0.165. The Morgan fingerprint density at radius 2 is 1.28 bits per heavy atom. The van der Waals surface area contributed by atoms with Gasteiger partial charge in [0.2, 0.25) is 29.4 Å². The summed E-state index contributed by atoms with van der Waals surface area (Å²) in [6.07, 6.45) is 3.96. The minimum atomic E-state index is -1.52. The van der Waals surface area contributed by atoms with Crippen LogP contribution in [0.4, 0.5) is 0 Å². The maximum Gasteiger partial charge on any atom is 0.330 e. The van der Waals surface area contributed by atoms with Crippen molar-refractivity contribution in [3.63, 3.8) is 0 Å². The van der Waals surface area contributed by atoms with Crippen LogP contribution in [0.5, 0.6) is 11.5 Å². The van der Waals surface area contributed by atoms with E-state index in [4.69, 9.17) is 23.7 Å². The van der Waals surface area contributed by atoms with Gasteiger partial charge in [0, 0.05) is 53.2 Å². The Morgan fingerprint density at radius 1 is 0.663 bits per heavy atom. The number of likely N-dealkylation sites (N-methyl/N-ethyl adjacent to an activating group) is 3. The fourth-order valence-electron chi connectivity index (χ4n) is 11.6. The molecule has 8 rings (SSSR count). The molecule has 6 atom stereocenters. The number of aryl methyl sites for hydroxylation is 2. The van der Waals surface area contributed by atoms with Gasteiger partial charge in [-0.05, 0) is 155 Å². The third-order valence-corrected chi connectivity index (χ3v) is 17.6. The molecule has 0 aromatic heterocycles. The number of ketones is 1. The monoisotopic (exact) mass is 1300 g/mol. The van der Waals surface area contributed by atoms with Crippen LogP contribution in [-0.4, -0.2) is 170 Å². The molecule has 6 aromatic rings. The van der Waals surface area contributed by atoms with E-state index >= 15 is 9.59 Å². The van der Waals surface area contributed by atoms with Crippen molar-refractivity contribution in [1.82, 2.24) is 30.2 Å². The number of benzene rings is 6. The van der Waals surface area contributed by atoms with Gasteiger partial charge < -0.3 is 53.9 Å². The van der Waals surface area contributed by atoms with E-state index in [-0.39, 0.29) is 57.6 Å². The second-order valence-electron chi connectivity index (χ2n) is 26.4. The number of esters is 2. The van der Waals surface area contributed by atoms with Crippen molar-refractivity contribution in [1.29, 1.82) is 0 Å². The lowest BCUT2D eigenvalue weighted by Crippen LogP contribution is -2.60. The fourth-order valence-corrected chi connectivity index (χ4v) is 11.6. The summed E-state index contributed by atoms with van der Waals surface area (Å²) in [4.78, 5) is 135. The zero-order chi connectivity index (χ0) is 68.7. The first-order valence-electron chi connectivity index (χ1n) is 32.4. The van der Waals surface area contributed by atoms with Crippen LogP contribution in [-0.2, 0) is 76.6 Å². The Morgan fingerprint density at radius 3 is 1.93 bits per heavy atom. The maximum atomic E-state index is 15.3. The SMILES string of the molecule is COc1cc(CC[C@H]2OC(=O)[C@@H]3CCCCN3C(=O)C(=O)C(C)(C)COC(=O)C=CCCN(C)C(=O)[C@H](Cc3ccc4ccccc4c3)NC(=O)[C@H](COC(C)(C)C)N(C)C(=O)[C@H](Cc3ccc4ccccc4c3)NC(=O)[C@H](C)N(C)C(=O)COc3cccc2c3)ccc1C. The van der Waals surface area contributed by atoms with Crippen molar-refractivity contribution in [3.8, 4) is 11.5 Å². The van der Waals surface area contributed by atoms with Gasteiger partial charge in [-0.15, -0.1) is 0 Å². The number of ether oxygens (including phenoxy) is 5. The summed E-state index contributed by atoms with van der Waals surface area (Å²) in [5, 5.41) is 9.62. The van der Waals surface area contributed by atoms with Gasteiger partial charge in [0.25, 0.3) is 11.8 Å². The Bertz CT molecular complexity index is 3820. The molecule has 2 aliphatic heterocycles. The number of carbonyl (C=O) groups excluding carboxylic acids is 9. The van der Waals surface area contributed by atoms with E-state index in [1.165, 1.54) is 66.6 Å². The Hall–Kier alpha value is -9.43. The molecule has 0 aliphatic carbocycles. The lowest BCUT2D eigenvalue weighted by Gasteiger charge is -2.36. The van der Waals surface area contributed by atoms with Crippen molar-refractivity contribution in [2.75, 3.05) is 61.2 Å². The molecule has 6 aromatic carbocycles. The fraction of sp³-hybridized carbons (Fsp3) is 0.427. The summed E-state index contributed by atoms with van der Waals surface area (Å²) in [6.45, 7) is 10.7. The molecule has 504 valence electrons. The molecule has 0 unspecified atom stereocenters. The van der Waals surface area contributed by atoms with E-state index in [1.54, 1.807) is 59.2 Å². The van der Waals surface area contributed by atoms with E-state index in [2.05, 4.69) is 10.6 Å². The number of rotatable bonds is 10. The van der Waals surface area contributed by atoms with Crippen molar-refractivity contribution in [2.24, 2.45) is 5.41 Å². The summed E-state index contributed by atoms with van der Waals surface area (Å²) < 4.78 is 29.9. The highest BCUT2D eigenvalue weighted by Crippen LogP contribution is 2.32. The highest BCUT2D eigenvalue weighted by Gasteiger charge is 2.43. The normalized spacial score (nSPS) is 21.7. The minimum Gasteiger partial charge on any atom is -0.496 e. The Kier molecular flexibility index (Phi) is 24.2. The van der Waals surface area contributed by atoms with E-state index < -0.39 is 114 Å². The van der Waals surface area contributed by atoms with Crippen LogP contribution < -0.4 is 20.1 Å². The molecule has 20 nitrogen and oxygen atoms in total. The zero-order valence-corrected chi connectivity index (χ0v) is 56.4. The van der Waals surface area contributed by atoms with E-state index in [0.717, 1.165) is 38.2 Å². The molecule has 2 aliphatic rings. The average molecular weight is 1300 g/mol. The number of nitrogens with zero attached hydrogens (tertiary/aromatic N) is 4. The summed E-state index contributed by atoms with van der Waals surface area (Å²) in [5.74, 6) is -5.51. The van der Waals surface area contributed by atoms with Gasteiger partial charge >= 0.3 is 11.9 Å². The van der Waals surface area contributed by atoms with E-state index in [9.17, 15) is 33.6 Å². The Balaban J connectivity index is 1.12. The lowest BCUT2D eigenvalue weighted by atomic mass is 9.87. The number of methoxy groups -OCH3 is 1. The molecule has 1 saturated heterocycles. The van der Waals surface area contributed by atoms with Crippen molar-refractivity contribution in [2.45, 2.75) is 142 Å². The highest BCUT2D eigenvalue weighted by molar-refractivity contribution is 6.38. The number of Topliss-reactive ketones (excluding diaryl/α,β-unsaturated/α-hetero) is 1. The zero-order valence-electron chi connectivity index (χ0n) is 56.4. The molecule has 2 heterocycles. The van der Waals surface area contributed by atoms with Crippen molar-refractivity contribution >= 4 is 74.7 Å². The number of nitrogens with one attached hydrogen (secondary N) is 2. The number of fused-ring (bicyclic) bond motifs is 5. The number of amides is 6. The summed E-state index contributed by atoms with van der Waals surface area (Å²) in [7, 11) is 6.04. The van der Waals surface area contributed by atoms with Crippen molar-refractivity contribution < 1.29 is 66.8 Å². The molecule has 2 N–H and O–H groups in total. The molecule has 1 fully saturated rings. The molecular formula is C75H90N6O14. The van der Waals surface area contributed by atoms with Gasteiger partial charge in [-0.1, -0.05) is 115 Å². The number of hydrogen-bond donors (Lipinski definition) is 2. The van der Waals surface area contributed by atoms with Crippen molar-refractivity contribution in [3.05, 3.63) is 167 Å². The standard InChI is InChI=1S/C75H90N6O14/c1-48-29-30-50(43-64(48)91-11)33-36-63-57-25-20-26-58(44-57)92-46-65(82)79(9)49(2)68(85)76-60(42-52-32-35-54-22-13-15-24-56(54)40-52)71(88)80(10)62(45-94-74(3,4)5)69(86)77-59(41-51-31-34-53-21-12-14-23-55(53)39-51)70(87)78(8)37-18-17-28-66(83)93-47-75(6,7)67(84)72(89)81-38-19-16-27-61(81)73(90)95-63/h12-15,17,20-26,28-32,34-35,39-40,43-44,49,59-63H,16,18-19,27,33,36-38,41-42,45-47H2,1-11H3,(H,76,85)(H,77,86)/t49-,59-,60-,61-,62-,63+/m0/s1. The molecule has 0 spiro atoms. The topological polar surface area (TPSA) is 237 Å². The van der Waals surface area contributed by atoms with Gasteiger partial charge in [-0.3, -0.25) is 33.6 Å². The predicted molar refractivity (Wildman–Crippen MR) is 361 cm³/mol. The summed E-state index contributed by atoms with van der Waals surface area (Å²) >= 11 is 0. The first-order valence-corrected chi connectivity index (χ1v) is 32.4. The second kappa shape index (κ2) is 32.1. The largest absolute Gasteiger partial charge is 0.496 e. The van der Waals surface area contributed by atoms with Gasteiger partial charge in [0.1, 0.15) is 54.4 Å². The van der Waals surface area contributed by atoms with Gasteiger partial charge in [-0.25, -0.2) is 9.59 Å². The maximum absolute atomic E-state index is 15.3. The molecule has 6 amide bonds. The first-order chi connectivity index (χ1) is 45.2. The van der Waals surface area contributed by atoms with Crippen LogP contribution in [0.1, 0.15) is 108 Å². The average Bonchev–Trinajstić information content (AvgIpc) is 0.876. The van der Waals surface area contributed by atoms with Gasteiger partial charge in [-0.2, -0.15) is 0 Å². The third-order valence-electron chi connectivity index (χ3n) is 17.6. The predicted octanol–water partition coefficient (Wildman–Crippen LogP) is 8.79. The highest BCUT2D eigenvalue weighted by atomic mass is 16.5. The third kappa shape index (κ3) is 19.1. The van der Waals surface area contributed by atoms with Crippen LogP contribution >= 0.6 is 0 Å². The number of cyclic esters (lactones) is 2. The molecule has 0 saturated carbocycles. The van der Waals surface area contributed by atoms with Gasteiger partial charge in [0.05, 0.1) is 24.7 Å². The quantitative estimate of drug-likeness (QED) is 0.0964. The summed E-state index contributed by atoms with van der Waals surface area (Å²) in [5.41, 5.74) is 1.46. The summed E-state index contributed by atoms with van der Waals surface area (Å²) in [6, 6.07) is 33.3. The molecule has 20 heteroatoms. The van der Waals surface area contributed by atoms with Crippen LogP contribution in [0, 0.1) is 12.3 Å². The molecule has 2 bridgehead atoms. The van der Waals surface area contributed by atoms with E-state index in [1.807, 2.05) is 110 Å². The molecule has 95 heavy (non-hydrogen) atoms. The minimum absolute atomic E-state index is 0.0255. The smallest absolute Gasteiger partial charge is 0.330 e. The van der Waals surface area contributed by atoms with Crippen LogP contribution in [0.2, 0.25) is 0 Å². The van der Waals surface area contributed by atoms with Gasteiger partial charge in [0.15, 0.2) is 6.61 Å². The molecule has 0 radical (unpaired) electrons. The number of carbonyl (C=O) groups is 9. The Labute approximate surface area is 556 Å². The number of hydrogen-bond acceptors (Lipinski definition) is 14. The van der Waals surface area contributed by atoms with E-state index in [0.29, 0.717) is 36.1 Å². The molecular weight excluding hydrogens is 1210 g/mol. The van der Waals surface area contributed by atoms with Crippen LogP contribution in [0.15, 0.2) is 140 Å².